The zero-order valence-corrected chi connectivity index (χ0v) is 29.3. The number of hydrogen-bond donors (Lipinski definition) is 4. The van der Waals surface area contributed by atoms with Gasteiger partial charge in [0, 0.05) is 24.2 Å². The van der Waals surface area contributed by atoms with Crippen LogP contribution in [0.4, 0.5) is 0 Å². The van der Waals surface area contributed by atoms with Gasteiger partial charge in [-0.15, -0.1) is 0 Å². The summed E-state index contributed by atoms with van der Waals surface area (Å²) in [5.74, 6) is 1.23. The Hall–Kier alpha value is -3.64. The molecular weight excluding hydrogens is 628 g/mol. The van der Waals surface area contributed by atoms with Crippen molar-refractivity contribution in [2.24, 2.45) is 17.8 Å². The molecule has 11 nitrogen and oxygen atoms in total. The van der Waals surface area contributed by atoms with Gasteiger partial charge >= 0.3 is 0 Å². The number of hydrogen-bond acceptors (Lipinski definition) is 9. The Bertz CT molecular complexity index is 1490. The fourth-order valence-corrected chi connectivity index (χ4v) is 7.78. The monoisotopic (exact) mass is 680 g/mol. The molecule has 0 bridgehead atoms. The second-order valence-corrected chi connectivity index (χ2v) is 13.8. The van der Waals surface area contributed by atoms with Crippen LogP contribution in [0.1, 0.15) is 62.6 Å². The van der Waals surface area contributed by atoms with E-state index in [9.17, 15) is 24.9 Å². The fraction of sp³-hybridized carbons (Fsp3) is 0.579. The Morgan fingerprint density at radius 2 is 1.84 bits per heavy atom. The zero-order chi connectivity index (χ0) is 35.2. The smallest absolute Gasteiger partial charge is 0.249 e. The van der Waals surface area contributed by atoms with Crippen LogP contribution in [0.15, 0.2) is 48.0 Å². The first kappa shape index (κ1) is 36.6. The molecule has 0 aromatic heterocycles. The van der Waals surface area contributed by atoms with E-state index >= 15 is 0 Å². The molecule has 5 rings (SSSR count). The van der Waals surface area contributed by atoms with E-state index < -0.39 is 30.1 Å². The maximum absolute atomic E-state index is 14.3. The summed E-state index contributed by atoms with van der Waals surface area (Å²) in [5.41, 5.74) is 2.34. The van der Waals surface area contributed by atoms with Crippen LogP contribution in [-0.4, -0.2) is 96.9 Å². The first-order valence-corrected chi connectivity index (χ1v) is 17.4. The molecule has 49 heavy (non-hydrogen) atoms. The average Bonchev–Trinajstić information content (AvgIpc) is 3.50. The van der Waals surface area contributed by atoms with Gasteiger partial charge in [0.1, 0.15) is 24.6 Å². The summed E-state index contributed by atoms with van der Waals surface area (Å²) in [4.78, 5) is 29.6. The molecule has 4 N–H and O–H groups in total. The van der Waals surface area contributed by atoms with Gasteiger partial charge in [0.15, 0.2) is 11.5 Å². The summed E-state index contributed by atoms with van der Waals surface area (Å²) in [6.07, 6.45) is 2.92. The van der Waals surface area contributed by atoms with Crippen LogP contribution in [0.25, 0.3) is 0 Å². The molecule has 3 aliphatic rings. The van der Waals surface area contributed by atoms with E-state index in [2.05, 4.69) is 26.1 Å². The van der Waals surface area contributed by atoms with E-state index in [0.29, 0.717) is 58.1 Å². The molecule has 2 amide bonds. The zero-order valence-electron chi connectivity index (χ0n) is 29.3. The quantitative estimate of drug-likeness (QED) is 0.236. The number of rotatable bonds is 14. The summed E-state index contributed by atoms with van der Waals surface area (Å²) in [6, 6.07) is 10.1. The van der Waals surface area contributed by atoms with Crippen molar-refractivity contribution < 1.29 is 43.9 Å². The van der Waals surface area contributed by atoms with E-state index in [-0.39, 0.29) is 44.9 Å². The number of methoxy groups -OCH3 is 2. The predicted octanol–water partition coefficient (Wildman–Crippen LogP) is 3.37. The number of ether oxygens (including phenoxy) is 4. The molecular formula is C38H52N2O9. The predicted molar refractivity (Wildman–Crippen MR) is 184 cm³/mol. The Balaban J connectivity index is 1.52. The average molecular weight is 681 g/mol. The number of carbonyl (C=O) groups excluding carboxylic acids is 2. The molecule has 11 heteroatoms. The number of nitrogens with one attached hydrogen (secondary N) is 1. The molecule has 268 valence electrons. The van der Waals surface area contributed by atoms with Gasteiger partial charge in [-0.3, -0.25) is 9.59 Å². The molecule has 0 saturated heterocycles. The van der Waals surface area contributed by atoms with E-state index in [1.807, 2.05) is 24.3 Å². The van der Waals surface area contributed by atoms with Crippen LogP contribution < -0.4 is 19.5 Å². The minimum Gasteiger partial charge on any atom is -0.496 e. The molecule has 2 aromatic carbocycles. The molecule has 1 heterocycles. The van der Waals surface area contributed by atoms with Crippen LogP contribution in [0, 0.1) is 17.8 Å². The molecule has 7 unspecified atom stereocenters. The third kappa shape index (κ3) is 7.90. The lowest BCUT2D eigenvalue weighted by Crippen LogP contribution is -2.57. The lowest BCUT2D eigenvalue weighted by Gasteiger charge is -2.41. The summed E-state index contributed by atoms with van der Waals surface area (Å²) in [6.45, 7) is 6.16. The molecule has 1 saturated carbocycles. The van der Waals surface area contributed by atoms with Gasteiger partial charge in [0.25, 0.3) is 0 Å². The van der Waals surface area contributed by atoms with Gasteiger partial charge in [-0.25, -0.2) is 0 Å². The molecule has 2 aliphatic carbocycles. The summed E-state index contributed by atoms with van der Waals surface area (Å²) in [5, 5.41) is 34.3. The van der Waals surface area contributed by atoms with Crippen LogP contribution in [0.3, 0.4) is 0 Å². The molecule has 7 atom stereocenters. The molecule has 1 fully saturated rings. The second-order valence-electron chi connectivity index (χ2n) is 13.8. The van der Waals surface area contributed by atoms with Gasteiger partial charge in [-0.05, 0) is 72.4 Å². The minimum absolute atomic E-state index is 0.0234. The van der Waals surface area contributed by atoms with Gasteiger partial charge in [0.05, 0.1) is 45.5 Å². The second kappa shape index (κ2) is 16.4. The number of carbonyl (C=O) groups is 2. The molecule has 2 aromatic rings. The topological polar surface area (TPSA) is 147 Å². The number of benzene rings is 2. The molecule has 0 radical (unpaired) electrons. The van der Waals surface area contributed by atoms with Crippen molar-refractivity contribution in [1.82, 2.24) is 10.2 Å². The lowest BCUT2D eigenvalue weighted by atomic mass is 9.75. The first-order valence-electron chi connectivity index (χ1n) is 17.4. The maximum Gasteiger partial charge on any atom is 0.249 e. The van der Waals surface area contributed by atoms with Crippen LogP contribution in [0.2, 0.25) is 0 Å². The van der Waals surface area contributed by atoms with Crippen molar-refractivity contribution >= 4 is 11.8 Å². The Morgan fingerprint density at radius 3 is 2.53 bits per heavy atom. The lowest BCUT2D eigenvalue weighted by molar-refractivity contribution is -0.147. The van der Waals surface area contributed by atoms with Crippen molar-refractivity contribution in [3.8, 4) is 17.2 Å². The normalized spacial score (nSPS) is 25.9. The van der Waals surface area contributed by atoms with E-state index in [4.69, 9.17) is 18.9 Å². The van der Waals surface area contributed by atoms with Crippen molar-refractivity contribution in [2.45, 2.75) is 83.3 Å². The number of aliphatic hydroxyl groups excluding tert-OH is 3. The Kier molecular flexibility index (Phi) is 12.2. The van der Waals surface area contributed by atoms with Gasteiger partial charge in [-0.2, -0.15) is 0 Å². The number of fused-ring (bicyclic) bond motifs is 3. The molecule has 0 spiro atoms. The van der Waals surface area contributed by atoms with Gasteiger partial charge in [-0.1, -0.05) is 45.4 Å². The largest absolute Gasteiger partial charge is 0.496 e. The van der Waals surface area contributed by atoms with E-state index in [0.717, 1.165) is 24.8 Å². The number of para-hydroxylation sites is 1. The SMILES string of the molecule is COc1ccccc1CCN(C(=O)COC1CC(C)CCC1C(C)C)C1C=C(C(=O)NCCO)C2c3cc(CO)cc(OC)c3OC2C1O. The van der Waals surface area contributed by atoms with Crippen LogP contribution in [-0.2, 0) is 27.4 Å². The minimum atomic E-state index is -1.23. The van der Waals surface area contributed by atoms with Crippen molar-refractivity contribution in [1.29, 1.82) is 0 Å². The van der Waals surface area contributed by atoms with E-state index in [1.54, 1.807) is 30.2 Å². The summed E-state index contributed by atoms with van der Waals surface area (Å²) < 4.78 is 24.0. The van der Waals surface area contributed by atoms with Gasteiger partial charge < -0.3 is 44.5 Å². The van der Waals surface area contributed by atoms with Crippen molar-refractivity contribution in [3.63, 3.8) is 0 Å². The number of nitrogens with zero attached hydrogens (tertiary/aromatic N) is 1. The third-order valence-electron chi connectivity index (χ3n) is 10.4. The fourth-order valence-electron chi connectivity index (χ4n) is 7.78. The highest BCUT2D eigenvalue weighted by Gasteiger charge is 2.51. The molecule has 1 aliphatic heterocycles. The summed E-state index contributed by atoms with van der Waals surface area (Å²) >= 11 is 0. The highest BCUT2D eigenvalue weighted by Crippen LogP contribution is 2.51. The van der Waals surface area contributed by atoms with Crippen LogP contribution in [0.5, 0.6) is 17.2 Å². The summed E-state index contributed by atoms with van der Waals surface area (Å²) in [7, 11) is 3.09. The van der Waals surface area contributed by atoms with Gasteiger partial charge in [0.2, 0.25) is 11.8 Å². The van der Waals surface area contributed by atoms with Crippen LogP contribution >= 0.6 is 0 Å². The Labute approximate surface area is 289 Å². The maximum atomic E-state index is 14.3. The number of amides is 2. The van der Waals surface area contributed by atoms with Crippen molar-refractivity contribution in [2.75, 3.05) is 40.5 Å². The highest BCUT2D eigenvalue weighted by molar-refractivity contribution is 5.96. The Morgan fingerprint density at radius 1 is 1.08 bits per heavy atom. The van der Waals surface area contributed by atoms with E-state index in [1.165, 1.54) is 7.11 Å². The number of aliphatic hydroxyl groups is 3. The standard InChI is InChI=1S/C38H52N2O9/c1-22(2)26-11-10-23(3)16-31(26)48-21-33(43)40(14-12-25-8-6-7-9-30(25)46-4)29-19-28(38(45)39-13-15-41)34-27-17-24(20-42)18-32(47-5)36(27)49-37(34)35(29)44/h6-9,17-19,22-23,26,29,31,34-35,37,41-42,44H,10-16,20-21H2,1-5H3,(H,39,45). The first-order chi connectivity index (χ1) is 23.6. The highest BCUT2D eigenvalue weighted by atomic mass is 16.5. The van der Waals surface area contributed by atoms with Crippen molar-refractivity contribution in [3.05, 3.63) is 64.7 Å². The third-order valence-corrected chi connectivity index (χ3v) is 10.4.